The zero-order valence-corrected chi connectivity index (χ0v) is 3.94. The molecule has 0 atom stereocenters. The molecule has 7 heavy (non-hydrogen) atoms. The molecule has 1 aliphatic rings. The standard InChI is InChI=1S/C3H4O.C2H2O/c4-3-1-2-3;1-2-3/h1-2H2;1H2. The molecule has 0 spiro atoms. The first-order valence-electron chi connectivity index (χ1n) is 1.97. The number of hydrogen-bond acceptors (Lipinski definition) is 2. The average Bonchev–Trinajstić information content (AvgIpc) is 2.25. The van der Waals surface area contributed by atoms with E-state index in [1.165, 1.54) is 5.94 Å². The van der Waals surface area contributed by atoms with Gasteiger partial charge in [0.1, 0.15) is 11.7 Å². The molecule has 0 aromatic rings. The zero-order chi connectivity index (χ0) is 5.70. The maximum Gasteiger partial charge on any atom is 0.133 e. The van der Waals surface area contributed by atoms with Crippen molar-refractivity contribution < 1.29 is 9.59 Å². The largest absolute Gasteiger partial charge is 0.300 e. The van der Waals surface area contributed by atoms with E-state index < -0.39 is 0 Å². The predicted octanol–water partition coefficient (Wildman–Crippen LogP) is 0.353. The minimum atomic E-state index is 0.417. The molecule has 0 radical (unpaired) electrons. The van der Waals surface area contributed by atoms with Crippen molar-refractivity contribution in [1.29, 1.82) is 0 Å². The highest BCUT2D eigenvalue weighted by molar-refractivity contribution is 5.92. The summed E-state index contributed by atoms with van der Waals surface area (Å²) in [4.78, 5) is 18.1. The number of Topliss-reactive ketones (excluding diaryl/α,β-unsaturated/α-hetero) is 1. The third kappa shape index (κ3) is 11.1. The van der Waals surface area contributed by atoms with Crippen LogP contribution in [-0.4, -0.2) is 11.7 Å². The third-order valence-electron chi connectivity index (χ3n) is 0.454. The van der Waals surface area contributed by atoms with E-state index in [0.29, 0.717) is 5.78 Å². The quantitative estimate of drug-likeness (QED) is 0.410. The lowest BCUT2D eigenvalue weighted by atomic mass is 10.9. The van der Waals surface area contributed by atoms with E-state index in [2.05, 4.69) is 6.58 Å². The fraction of sp³-hybridized carbons (Fsp3) is 0.400. The Morgan fingerprint density at radius 2 is 1.71 bits per heavy atom. The summed E-state index contributed by atoms with van der Waals surface area (Å²) in [5.74, 6) is 1.67. The molecule has 0 amide bonds. The van der Waals surface area contributed by atoms with Crippen LogP contribution in [0.3, 0.4) is 0 Å². The summed E-state index contributed by atoms with van der Waals surface area (Å²) in [7, 11) is 0. The lowest BCUT2D eigenvalue weighted by Gasteiger charge is -1.26. The monoisotopic (exact) mass is 98.0 g/mol. The highest BCUT2D eigenvalue weighted by Crippen LogP contribution is 2.08. The van der Waals surface area contributed by atoms with Gasteiger partial charge in [-0.1, -0.05) is 0 Å². The summed E-state index contributed by atoms with van der Waals surface area (Å²) >= 11 is 0. The Bertz CT molecular complexity index is 92.6. The minimum Gasteiger partial charge on any atom is -0.300 e. The molecule has 0 aromatic carbocycles. The molecule has 0 aliphatic heterocycles. The first-order valence-corrected chi connectivity index (χ1v) is 1.97. The van der Waals surface area contributed by atoms with Crippen LogP contribution >= 0.6 is 0 Å². The molecule has 1 fully saturated rings. The summed E-state index contributed by atoms with van der Waals surface area (Å²) < 4.78 is 0. The van der Waals surface area contributed by atoms with Crippen LogP contribution in [0.4, 0.5) is 0 Å². The number of ketones is 1. The lowest BCUT2D eigenvalue weighted by molar-refractivity contribution is -0.109. The van der Waals surface area contributed by atoms with Crippen molar-refractivity contribution in [2.45, 2.75) is 12.8 Å². The van der Waals surface area contributed by atoms with E-state index >= 15 is 0 Å². The van der Waals surface area contributed by atoms with Gasteiger partial charge in [0.05, 0.1) is 0 Å². The van der Waals surface area contributed by atoms with Gasteiger partial charge in [0.2, 0.25) is 0 Å². The number of carbonyl (C=O) groups is 1. The molecule has 38 valence electrons. The highest BCUT2D eigenvalue weighted by Gasteiger charge is 2.13. The molecule has 0 heterocycles. The van der Waals surface area contributed by atoms with E-state index in [9.17, 15) is 4.79 Å². The topological polar surface area (TPSA) is 34.1 Å². The van der Waals surface area contributed by atoms with E-state index in [-0.39, 0.29) is 0 Å². The van der Waals surface area contributed by atoms with Gasteiger partial charge in [-0.3, -0.25) is 4.79 Å². The van der Waals surface area contributed by atoms with Gasteiger partial charge in [0, 0.05) is 12.8 Å². The second kappa shape index (κ2) is 3.32. The maximum atomic E-state index is 9.56. The molecule has 1 aliphatic carbocycles. The molecule has 0 N–H and O–H groups in total. The van der Waals surface area contributed by atoms with Crippen molar-refractivity contribution >= 4 is 11.7 Å². The first-order chi connectivity index (χ1) is 3.31. The highest BCUT2D eigenvalue weighted by atomic mass is 16.1. The Hall–Kier alpha value is -0.880. The number of rotatable bonds is 0. The van der Waals surface area contributed by atoms with Gasteiger partial charge in [-0.15, -0.1) is 0 Å². The summed E-state index contributed by atoms with van der Waals surface area (Å²) in [6.45, 7) is 2.68. The Labute approximate surface area is 41.8 Å². The van der Waals surface area contributed by atoms with Crippen molar-refractivity contribution in [3.63, 3.8) is 0 Å². The molecular weight excluding hydrogens is 92.1 g/mol. The summed E-state index contributed by atoms with van der Waals surface area (Å²) in [5.41, 5.74) is 0. The van der Waals surface area contributed by atoms with Gasteiger partial charge < -0.3 is 0 Å². The minimum absolute atomic E-state index is 0.417. The first kappa shape index (κ1) is 6.12. The fourth-order valence-electron chi connectivity index (χ4n) is 0.0510. The van der Waals surface area contributed by atoms with Crippen molar-refractivity contribution in [3.8, 4) is 0 Å². The van der Waals surface area contributed by atoms with Crippen LogP contribution in [0.1, 0.15) is 12.8 Å². The molecule has 0 bridgehead atoms. The predicted molar refractivity (Wildman–Crippen MR) is 25.6 cm³/mol. The van der Waals surface area contributed by atoms with Crippen LogP contribution in [0, 0.1) is 0 Å². The number of carbonyl (C=O) groups excluding carboxylic acids is 2. The van der Waals surface area contributed by atoms with Gasteiger partial charge in [0.15, 0.2) is 0 Å². The lowest BCUT2D eigenvalue weighted by Crippen LogP contribution is -1.44. The van der Waals surface area contributed by atoms with E-state index in [1.807, 2.05) is 0 Å². The maximum absolute atomic E-state index is 9.56. The van der Waals surface area contributed by atoms with Crippen molar-refractivity contribution in [3.05, 3.63) is 6.58 Å². The van der Waals surface area contributed by atoms with Gasteiger partial charge in [-0.05, 0) is 6.58 Å². The van der Waals surface area contributed by atoms with Gasteiger partial charge in [-0.2, -0.15) is 0 Å². The molecule has 2 heteroatoms. The SMILES string of the molecule is C=C=O.O=C1CC1. The molecule has 0 aromatic heterocycles. The average molecular weight is 98.1 g/mol. The van der Waals surface area contributed by atoms with Crippen LogP contribution in [0.25, 0.3) is 0 Å². The van der Waals surface area contributed by atoms with E-state index in [4.69, 9.17) is 4.79 Å². The fourth-order valence-corrected chi connectivity index (χ4v) is 0.0510. The van der Waals surface area contributed by atoms with Gasteiger partial charge in [0.25, 0.3) is 0 Å². The summed E-state index contributed by atoms with van der Waals surface area (Å²) in [5, 5.41) is 0. The van der Waals surface area contributed by atoms with Crippen LogP contribution in [0.2, 0.25) is 0 Å². The Morgan fingerprint density at radius 1 is 1.57 bits per heavy atom. The van der Waals surface area contributed by atoms with E-state index in [0.717, 1.165) is 12.8 Å². The summed E-state index contributed by atoms with van der Waals surface area (Å²) in [6, 6.07) is 0. The van der Waals surface area contributed by atoms with Gasteiger partial charge >= 0.3 is 0 Å². The van der Waals surface area contributed by atoms with Crippen molar-refractivity contribution in [1.82, 2.24) is 0 Å². The second-order valence-corrected chi connectivity index (χ2v) is 1.18. The van der Waals surface area contributed by atoms with Crippen LogP contribution < -0.4 is 0 Å². The molecule has 2 nitrogen and oxygen atoms in total. The van der Waals surface area contributed by atoms with Gasteiger partial charge in [-0.25, -0.2) is 4.79 Å². The van der Waals surface area contributed by atoms with E-state index in [1.54, 1.807) is 0 Å². The zero-order valence-electron chi connectivity index (χ0n) is 3.94. The Morgan fingerprint density at radius 3 is 1.71 bits per heavy atom. The van der Waals surface area contributed by atoms with Crippen molar-refractivity contribution in [2.24, 2.45) is 0 Å². The molecule has 1 saturated carbocycles. The molecular formula is C5H6O2. The van der Waals surface area contributed by atoms with Crippen LogP contribution in [0.15, 0.2) is 6.58 Å². The Kier molecular flexibility index (Phi) is 2.90. The number of hydrogen-bond donors (Lipinski definition) is 0. The van der Waals surface area contributed by atoms with Crippen LogP contribution in [0.5, 0.6) is 0 Å². The molecule has 0 saturated heterocycles. The molecule has 0 unspecified atom stereocenters. The smallest absolute Gasteiger partial charge is 0.133 e. The Balaban J connectivity index is 0.000000110. The second-order valence-electron chi connectivity index (χ2n) is 1.18. The summed E-state index contributed by atoms with van der Waals surface area (Å²) in [6.07, 6.45) is 1.69. The third-order valence-corrected chi connectivity index (χ3v) is 0.454. The molecule has 1 rings (SSSR count). The normalized spacial score (nSPS) is 13.4. The van der Waals surface area contributed by atoms with Crippen LogP contribution in [-0.2, 0) is 9.59 Å². The van der Waals surface area contributed by atoms with Crippen molar-refractivity contribution in [2.75, 3.05) is 0 Å².